The molecule has 3 aromatic rings. The van der Waals surface area contributed by atoms with Gasteiger partial charge in [0.15, 0.2) is 0 Å². The van der Waals surface area contributed by atoms with Crippen molar-refractivity contribution in [1.82, 2.24) is 25.2 Å². The molecule has 4 rings (SSSR count). The Hall–Kier alpha value is -3.49. The molecule has 0 radical (unpaired) electrons. The predicted molar refractivity (Wildman–Crippen MR) is 124 cm³/mol. The van der Waals surface area contributed by atoms with Crippen LogP contribution in [0.15, 0.2) is 36.9 Å². The zero-order valence-electron chi connectivity index (χ0n) is 19.1. The van der Waals surface area contributed by atoms with Gasteiger partial charge in [0.2, 0.25) is 5.91 Å². The number of carbonyl (C=O) groups excluding carboxylic acids is 2. The van der Waals surface area contributed by atoms with Crippen molar-refractivity contribution in [3.8, 4) is 11.1 Å². The molecule has 0 aromatic carbocycles. The molecule has 0 spiro atoms. The van der Waals surface area contributed by atoms with E-state index < -0.39 is 5.82 Å². The Bertz CT molecular complexity index is 1170. The fourth-order valence-corrected chi connectivity index (χ4v) is 4.36. The molecule has 1 aliphatic carbocycles. The molecule has 3 N–H and O–H groups in total. The topological polar surface area (TPSA) is 100 Å². The van der Waals surface area contributed by atoms with Crippen molar-refractivity contribution in [1.29, 1.82) is 0 Å². The van der Waals surface area contributed by atoms with Gasteiger partial charge in [0.05, 0.1) is 29.2 Å². The van der Waals surface area contributed by atoms with E-state index in [1.54, 1.807) is 29.2 Å². The molecule has 2 amide bonds. The summed E-state index contributed by atoms with van der Waals surface area (Å²) in [6.07, 6.45) is 9.27. The van der Waals surface area contributed by atoms with Crippen LogP contribution in [0, 0.1) is 5.82 Å². The number of aromatic nitrogens is 3. The van der Waals surface area contributed by atoms with Crippen molar-refractivity contribution in [3.63, 3.8) is 0 Å². The van der Waals surface area contributed by atoms with E-state index in [1.165, 1.54) is 13.1 Å². The first kappa shape index (κ1) is 22.7. The molecule has 8 nitrogen and oxygen atoms in total. The molecule has 0 aliphatic heterocycles. The summed E-state index contributed by atoms with van der Waals surface area (Å²) in [5.41, 5.74) is 2.87. The lowest BCUT2D eigenvalue weighted by atomic mass is 9.91. The van der Waals surface area contributed by atoms with E-state index >= 15 is 0 Å². The Kier molecular flexibility index (Phi) is 6.57. The third-order valence-corrected chi connectivity index (χ3v) is 5.87. The van der Waals surface area contributed by atoms with Gasteiger partial charge in [0.1, 0.15) is 5.82 Å². The van der Waals surface area contributed by atoms with Crippen LogP contribution in [0.2, 0.25) is 0 Å². The Morgan fingerprint density at radius 1 is 1.12 bits per heavy atom. The largest absolute Gasteiger partial charge is 0.380 e. The number of carbonyl (C=O) groups is 2. The molecule has 0 bridgehead atoms. The molecule has 174 valence electrons. The standard InChI is InChI=1S/C24H29FN6O2/c1-14(2)28-23-20(24(33)30-18-6-4-17(5-7-18)29-15(3)32)11-27-31-13-16(10-22(23)31)19-8-9-26-12-21(19)25/h8-14,17-18,28H,4-7H2,1-3H3,(H,29,32)(H,30,33)/t17-,18-. The number of amides is 2. The van der Waals surface area contributed by atoms with Crippen molar-refractivity contribution >= 4 is 23.0 Å². The van der Waals surface area contributed by atoms with Crippen molar-refractivity contribution in [3.05, 3.63) is 48.3 Å². The molecular formula is C24H29FN6O2. The lowest BCUT2D eigenvalue weighted by molar-refractivity contribution is -0.119. The minimum atomic E-state index is -0.417. The van der Waals surface area contributed by atoms with Crippen molar-refractivity contribution < 1.29 is 14.0 Å². The first-order chi connectivity index (χ1) is 15.8. The number of nitrogens with zero attached hydrogens (tertiary/aromatic N) is 3. The fraction of sp³-hybridized carbons (Fsp3) is 0.417. The van der Waals surface area contributed by atoms with Gasteiger partial charge in [-0.2, -0.15) is 5.10 Å². The number of halogens is 1. The van der Waals surface area contributed by atoms with Crippen LogP contribution in [0.5, 0.6) is 0 Å². The number of nitrogens with one attached hydrogen (secondary N) is 3. The van der Waals surface area contributed by atoms with Crippen molar-refractivity contribution in [2.24, 2.45) is 0 Å². The molecule has 1 fully saturated rings. The van der Waals surface area contributed by atoms with Gasteiger partial charge < -0.3 is 16.0 Å². The van der Waals surface area contributed by atoms with Crippen molar-refractivity contribution in [2.75, 3.05) is 5.32 Å². The number of hydrogen-bond acceptors (Lipinski definition) is 5. The lowest BCUT2D eigenvalue weighted by Crippen LogP contribution is -2.43. The minimum absolute atomic E-state index is 0.0236. The number of fused-ring (bicyclic) bond motifs is 1. The second-order valence-electron chi connectivity index (χ2n) is 8.87. The normalized spacial score (nSPS) is 18.3. The summed E-state index contributed by atoms with van der Waals surface area (Å²) in [7, 11) is 0. The third kappa shape index (κ3) is 5.13. The van der Waals surface area contributed by atoms with Gasteiger partial charge in [-0.05, 0) is 51.7 Å². The van der Waals surface area contributed by atoms with E-state index in [0.717, 1.165) is 25.7 Å². The summed E-state index contributed by atoms with van der Waals surface area (Å²) in [5.74, 6) is -0.641. The van der Waals surface area contributed by atoms with E-state index in [2.05, 4.69) is 26.0 Å². The zero-order valence-corrected chi connectivity index (χ0v) is 19.1. The van der Waals surface area contributed by atoms with E-state index in [-0.39, 0.29) is 29.9 Å². The van der Waals surface area contributed by atoms with Crippen LogP contribution < -0.4 is 16.0 Å². The quantitative estimate of drug-likeness (QED) is 0.531. The number of rotatable bonds is 6. The Morgan fingerprint density at radius 3 is 2.45 bits per heavy atom. The van der Waals surface area contributed by atoms with Gasteiger partial charge in [-0.15, -0.1) is 0 Å². The Morgan fingerprint density at radius 2 is 1.82 bits per heavy atom. The third-order valence-electron chi connectivity index (χ3n) is 5.87. The van der Waals surface area contributed by atoms with Gasteiger partial charge in [0.25, 0.3) is 5.91 Å². The molecule has 0 atom stereocenters. The highest BCUT2D eigenvalue weighted by atomic mass is 19.1. The summed E-state index contributed by atoms with van der Waals surface area (Å²) in [5, 5.41) is 13.9. The second-order valence-corrected chi connectivity index (χ2v) is 8.87. The van der Waals surface area contributed by atoms with Gasteiger partial charge in [-0.3, -0.25) is 14.6 Å². The molecule has 3 aromatic heterocycles. The van der Waals surface area contributed by atoms with Crippen LogP contribution in [0.3, 0.4) is 0 Å². The minimum Gasteiger partial charge on any atom is -0.380 e. The van der Waals surface area contributed by atoms with E-state index in [4.69, 9.17) is 0 Å². The van der Waals surface area contributed by atoms with E-state index in [0.29, 0.717) is 27.9 Å². The lowest BCUT2D eigenvalue weighted by Gasteiger charge is -2.29. The maximum atomic E-state index is 14.3. The zero-order chi connectivity index (χ0) is 23.5. The Balaban J connectivity index is 1.60. The molecule has 0 saturated heterocycles. The van der Waals surface area contributed by atoms with Crippen LogP contribution in [-0.2, 0) is 4.79 Å². The maximum absolute atomic E-state index is 14.3. The molecular weight excluding hydrogens is 423 g/mol. The van der Waals surface area contributed by atoms with Crippen molar-refractivity contribution in [2.45, 2.75) is 64.6 Å². The summed E-state index contributed by atoms with van der Waals surface area (Å²) in [6.45, 7) is 5.51. The molecule has 3 heterocycles. The maximum Gasteiger partial charge on any atom is 0.255 e. The van der Waals surface area contributed by atoms with Crippen LogP contribution in [0.4, 0.5) is 10.1 Å². The number of hydrogen-bond donors (Lipinski definition) is 3. The van der Waals surface area contributed by atoms with Crippen LogP contribution >= 0.6 is 0 Å². The summed E-state index contributed by atoms with van der Waals surface area (Å²) >= 11 is 0. The smallest absolute Gasteiger partial charge is 0.255 e. The Labute approximate surface area is 192 Å². The highest BCUT2D eigenvalue weighted by Gasteiger charge is 2.25. The molecule has 33 heavy (non-hydrogen) atoms. The highest BCUT2D eigenvalue weighted by Crippen LogP contribution is 2.30. The highest BCUT2D eigenvalue weighted by molar-refractivity contribution is 6.03. The van der Waals surface area contributed by atoms with E-state index in [9.17, 15) is 14.0 Å². The second kappa shape index (κ2) is 9.56. The molecule has 9 heteroatoms. The first-order valence-corrected chi connectivity index (χ1v) is 11.3. The number of pyridine rings is 1. The molecule has 1 aliphatic rings. The summed E-state index contributed by atoms with van der Waals surface area (Å²) in [6, 6.07) is 3.72. The van der Waals surface area contributed by atoms with Crippen LogP contribution in [-0.4, -0.2) is 44.5 Å². The van der Waals surface area contributed by atoms with Crippen LogP contribution in [0.25, 0.3) is 16.6 Å². The van der Waals surface area contributed by atoms with Gasteiger partial charge in [0, 0.05) is 48.6 Å². The van der Waals surface area contributed by atoms with Crippen LogP contribution in [0.1, 0.15) is 56.8 Å². The molecule has 0 unspecified atom stereocenters. The predicted octanol–water partition coefficient (Wildman–Crippen LogP) is 3.53. The molecule has 1 saturated carbocycles. The SMILES string of the molecule is CC(=O)N[C@H]1CC[C@H](NC(=O)c2cnn3cc(-c4ccncc4F)cc3c2NC(C)C)CC1. The average molecular weight is 453 g/mol. The summed E-state index contributed by atoms with van der Waals surface area (Å²) in [4.78, 5) is 28.3. The van der Waals surface area contributed by atoms with Gasteiger partial charge in [-0.1, -0.05) is 0 Å². The number of anilines is 1. The van der Waals surface area contributed by atoms with Gasteiger partial charge in [-0.25, -0.2) is 8.91 Å². The monoisotopic (exact) mass is 452 g/mol. The first-order valence-electron chi connectivity index (χ1n) is 11.3. The van der Waals surface area contributed by atoms with E-state index in [1.807, 2.05) is 19.9 Å². The van der Waals surface area contributed by atoms with Gasteiger partial charge >= 0.3 is 0 Å². The fourth-order valence-electron chi connectivity index (χ4n) is 4.36. The average Bonchev–Trinajstić information content (AvgIpc) is 3.19. The summed E-state index contributed by atoms with van der Waals surface area (Å²) < 4.78 is 15.9.